The summed E-state index contributed by atoms with van der Waals surface area (Å²) in [6.07, 6.45) is 1.75. The number of ether oxygens (including phenoxy) is 1. The zero-order chi connectivity index (χ0) is 17.8. The van der Waals surface area contributed by atoms with E-state index in [1.807, 2.05) is 35.9 Å². The van der Waals surface area contributed by atoms with E-state index < -0.39 is 0 Å². The molecule has 130 valence electrons. The number of hydrogen-bond donors (Lipinski definition) is 2. The number of carbonyl (C=O) groups excluding carboxylic acids is 1. The third-order valence-corrected chi connectivity index (χ3v) is 4.00. The van der Waals surface area contributed by atoms with Gasteiger partial charge in [0.2, 0.25) is 5.95 Å². The molecule has 7 heteroatoms. The maximum Gasteiger partial charge on any atom is 0.251 e. The van der Waals surface area contributed by atoms with E-state index in [9.17, 15) is 4.79 Å². The van der Waals surface area contributed by atoms with Gasteiger partial charge in [-0.1, -0.05) is 12.1 Å². The molecule has 2 aromatic heterocycles. The van der Waals surface area contributed by atoms with Crippen LogP contribution < -0.4 is 10.6 Å². The Labute approximate surface area is 146 Å². The minimum Gasteiger partial charge on any atom is -0.383 e. The molecule has 1 amide bonds. The molecule has 25 heavy (non-hydrogen) atoms. The fourth-order valence-corrected chi connectivity index (χ4v) is 2.64. The number of rotatable bonds is 6. The zero-order valence-electron chi connectivity index (χ0n) is 14.5. The van der Waals surface area contributed by atoms with Crippen LogP contribution in [-0.4, -0.2) is 47.8 Å². The van der Waals surface area contributed by atoms with Crippen molar-refractivity contribution >= 4 is 22.9 Å². The van der Waals surface area contributed by atoms with Crippen LogP contribution in [0.2, 0.25) is 0 Å². The number of hydrogen-bond acceptors (Lipinski definition) is 5. The minimum absolute atomic E-state index is 0.118. The van der Waals surface area contributed by atoms with Crippen molar-refractivity contribution in [2.24, 2.45) is 7.05 Å². The number of aromatic nitrogens is 3. The predicted octanol–water partition coefficient (Wildman–Crippen LogP) is 2.05. The van der Waals surface area contributed by atoms with E-state index in [1.165, 1.54) is 0 Å². The predicted molar refractivity (Wildman–Crippen MR) is 97.7 cm³/mol. The molecule has 7 nitrogen and oxygen atoms in total. The van der Waals surface area contributed by atoms with Gasteiger partial charge in [0.15, 0.2) is 0 Å². The highest BCUT2D eigenvalue weighted by atomic mass is 16.5. The summed E-state index contributed by atoms with van der Waals surface area (Å²) in [5.74, 6) is 0.651. The topological polar surface area (TPSA) is 81.1 Å². The minimum atomic E-state index is -0.118. The quantitative estimate of drug-likeness (QED) is 0.672. The maximum absolute atomic E-state index is 11.8. The van der Waals surface area contributed by atoms with E-state index in [0.29, 0.717) is 18.7 Å². The molecular formula is C18H21N5O2. The monoisotopic (exact) mass is 339 g/mol. The van der Waals surface area contributed by atoms with Crippen molar-refractivity contribution in [2.45, 2.75) is 0 Å². The summed E-state index contributed by atoms with van der Waals surface area (Å²) in [7, 11) is 5.24. The van der Waals surface area contributed by atoms with Crippen LogP contribution in [0.15, 0.2) is 36.5 Å². The average molecular weight is 339 g/mol. The van der Waals surface area contributed by atoms with Crippen LogP contribution in [-0.2, 0) is 11.8 Å². The third-order valence-electron chi connectivity index (χ3n) is 4.00. The number of aryl methyl sites for hydroxylation is 1. The van der Waals surface area contributed by atoms with Gasteiger partial charge >= 0.3 is 0 Å². The largest absolute Gasteiger partial charge is 0.383 e. The summed E-state index contributed by atoms with van der Waals surface area (Å²) < 4.78 is 7.03. The van der Waals surface area contributed by atoms with E-state index in [4.69, 9.17) is 4.74 Å². The van der Waals surface area contributed by atoms with E-state index in [1.54, 1.807) is 26.4 Å². The molecule has 3 aromatic rings. The van der Waals surface area contributed by atoms with Gasteiger partial charge in [0.05, 0.1) is 24.0 Å². The molecule has 0 fully saturated rings. The number of anilines is 1. The molecule has 3 rings (SSSR count). The van der Waals surface area contributed by atoms with E-state index in [0.717, 1.165) is 28.2 Å². The van der Waals surface area contributed by atoms with E-state index >= 15 is 0 Å². The van der Waals surface area contributed by atoms with Gasteiger partial charge in [0, 0.05) is 38.9 Å². The van der Waals surface area contributed by atoms with Crippen molar-refractivity contribution in [3.8, 4) is 11.3 Å². The maximum atomic E-state index is 11.8. The molecule has 0 saturated heterocycles. The first-order valence-corrected chi connectivity index (χ1v) is 8.02. The highest BCUT2D eigenvalue weighted by Crippen LogP contribution is 2.24. The Kier molecular flexibility index (Phi) is 4.95. The Hall–Kier alpha value is -2.93. The summed E-state index contributed by atoms with van der Waals surface area (Å²) in [5.41, 5.74) is 4.07. The second-order valence-corrected chi connectivity index (χ2v) is 5.63. The van der Waals surface area contributed by atoms with Crippen molar-refractivity contribution in [1.29, 1.82) is 0 Å². The fraction of sp³-hybridized carbons (Fsp3) is 0.278. The standard InChI is InChI=1S/C18H21N5O2/c1-19-17(24)13-6-4-5-12(9-13)14-10-16-15(11-21-14)22-18(23(16)2)20-7-8-25-3/h4-6,9-11H,7-8H2,1-3H3,(H,19,24)(H,20,22). The van der Waals surface area contributed by atoms with Crippen molar-refractivity contribution < 1.29 is 9.53 Å². The smallest absolute Gasteiger partial charge is 0.251 e. The fourth-order valence-electron chi connectivity index (χ4n) is 2.64. The molecule has 1 aromatic carbocycles. The lowest BCUT2D eigenvalue weighted by Crippen LogP contribution is -2.17. The molecule has 0 aliphatic carbocycles. The summed E-state index contributed by atoms with van der Waals surface area (Å²) in [6.45, 7) is 1.29. The molecule has 0 spiro atoms. The molecule has 0 unspecified atom stereocenters. The highest BCUT2D eigenvalue weighted by Gasteiger charge is 2.11. The lowest BCUT2D eigenvalue weighted by atomic mass is 10.1. The molecule has 2 heterocycles. The van der Waals surface area contributed by atoms with Crippen LogP contribution in [0.25, 0.3) is 22.3 Å². The van der Waals surface area contributed by atoms with Crippen LogP contribution in [0, 0.1) is 0 Å². The van der Waals surface area contributed by atoms with Gasteiger partial charge in [-0.15, -0.1) is 0 Å². The molecular weight excluding hydrogens is 318 g/mol. The Balaban J connectivity index is 1.96. The van der Waals surface area contributed by atoms with E-state index in [-0.39, 0.29) is 5.91 Å². The molecule has 0 aliphatic heterocycles. The number of fused-ring (bicyclic) bond motifs is 1. The third kappa shape index (κ3) is 3.46. The first-order chi connectivity index (χ1) is 12.1. The number of imidazole rings is 1. The molecule has 0 bridgehead atoms. The normalized spacial score (nSPS) is 10.8. The second kappa shape index (κ2) is 7.31. The first kappa shape index (κ1) is 16.9. The number of nitrogens with zero attached hydrogens (tertiary/aromatic N) is 3. The molecule has 0 saturated carbocycles. The van der Waals surface area contributed by atoms with Gasteiger partial charge in [0.25, 0.3) is 5.91 Å². The van der Waals surface area contributed by atoms with E-state index in [2.05, 4.69) is 20.6 Å². The van der Waals surface area contributed by atoms with Crippen molar-refractivity contribution in [3.63, 3.8) is 0 Å². The Morgan fingerprint density at radius 3 is 2.92 bits per heavy atom. The number of pyridine rings is 1. The number of amides is 1. The van der Waals surface area contributed by atoms with Gasteiger partial charge in [-0.2, -0.15) is 0 Å². The molecule has 0 aliphatic rings. The zero-order valence-corrected chi connectivity index (χ0v) is 14.5. The summed E-state index contributed by atoms with van der Waals surface area (Å²) in [4.78, 5) is 20.9. The highest BCUT2D eigenvalue weighted by molar-refractivity contribution is 5.95. The van der Waals surface area contributed by atoms with Crippen molar-refractivity contribution in [3.05, 3.63) is 42.1 Å². The molecule has 0 radical (unpaired) electrons. The lowest BCUT2D eigenvalue weighted by molar-refractivity contribution is 0.0963. The van der Waals surface area contributed by atoms with Crippen LogP contribution in [0.5, 0.6) is 0 Å². The molecule has 2 N–H and O–H groups in total. The van der Waals surface area contributed by atoms with Gasteiger partial charge in [-0.3, -0.25) is 9.78 Å². The van der Waals surface area contributed by atoms with Crippen LogP contribution in [0.4, 0.5) is 5.95 Å². The number of methoxy groups -OCH3 is 1. The number of carbonyl (C=O) groups is 1. The van der Waals surface area contributed by atoms with Gasteiger partial charge in [0.1, 0.15) is 5.52 Å². The average Bonchev–Trinajstić information content (AvgIpc) is 2.97. The Morgan fingerprint density at radius 1 is 1.32 bits per heavy atom. The SMILES string of the molecule is CNC(=O)c1cccc(-c2cc3c(cn2)nc(NCCOC)n3C)c1. The van der Waals surface area contributed by atoms with Gasteiger partial charge < -0.3 is 19.9 Å². The second-order valence-electron chi connectivity index (χ2n) is 5.63. The van der Waals surface area contributed by atoms with Gasteiger partial charge in [-0.05, 0) is 18.2 Å². The lowest BCUT2D eigenvalue weighted by Gasteiger charge is -2.06. The number of benzene rings is 1. The van der Waals surface area contributed by atoms with Crippen LogP contribution >= 0.6 is 0 Å². The summed E-state index contributed by atoms with van der Waals surface area (Å²) >= 11 is 0. The summed E-state index contributed by atoms with van der Waals surface area (Å²) in [5, 5.41) is 5.87. The Bertz CT molecular complexity index is 904. The first-order valence-electron chi connectivity index (χ1n) is 8.02. The van der Waals surface area contributed by atoms with Crippen LogP contribution in [0.1, 0.15) is 10.4 Å². The summed E-state index contributed by atoms with van der Waals surface area (Å²) in [6, 6.07) is 9.39. The number of nitrogens with one attached hydrogen (secondary N) is 2. The Morgan fingerprint density at radius 2 is 2.16 bits per heavy atom. The molecule has 0 atom stereocenters. The van der Waals surface area contributed by atoms with Crippen LogP contribution in [0.3, 0.4) is 0 Å². The van der Waals surface area contributed by atoms with Gasteiger partial charge in [-0.25, -0.2) is 4.98 Å². The van der Waals surface area contributed by atoms with Crippen molar-refractivity contribution in [2.75, 3.05) is 32.6 Å². The van der Waals surface area contributed by atoms with Crippen molar-refractivity contribution in [1.82, 2.24) is 19.9 Å².